The standard InChI is InChI=1S/C31H34Cl2N4O5/c1-4-20(38)9-19-14-42-15-23(19)35-26-11-21-18(13-34-26)10-22(27-28(32)24(39-2)12-25(40-3)29(27)33)36-30(21)37-16-31(17-37)5-7-41-8-6-31/h4,10-13,19,23H,1,5-9,14-17H2,2-3H3,(H,34,35)/t19-,23+/m0/s1. The van der Waals surface area contributed by atoms with Crippen LogP contribution >= 0.6 is 23.2 Å². The van der Waals surface area contributed by atoms with Crippen LogP contribution in [0.2, 0.25) is 10.0 Å². The smallest absolute Gasteiger partial charge is 0.155 e. The van der Waals surface area contributed by atoms with Gasteiger partial charge >= 0.3 is 0 Å². The Morgan fingerprint density at radius 2 is 1.83 bits per heavy atom. The molecule has 3 aromatic rings. The number of halogens is 2. The first-order chi connectivity index (χ1) is 20.3. The van der Waals surface area contributed by atoms with Crippen LogP contribution < -0.4 is 19.7 Å². The van der Waals surface area contributed by atoms with Crippen LogP contribution in [0.1, 0.15) is 19.3 Å². The number of ketones is 1. The first-order valence-electron chi connectivity index (χ1n) is 14.1. The van der Waals surface area contributed by atoms with E-state index in [2.05, 4.69) is 16.8 Å². The van der Waals surface area contributed by atoms with Gasteiger partial charge in [-0.2, -0.15) is 0 Å². The number of ether oxygens (including phenoxy) is 4. The van der Waals surface area contributed by atoms with Crippen LogP contribution in [0.25, 0.3) is 22.0 Å². The highest BCUT2D eigenvalue weighted by Crippen LogP contribution is 2.48. The number of hydrogen-bond acceptors (Lipinski definition) is 9. The van der Waals surface area contributed by atoms with Crippen molar-refractivity contribution in [1.82, 2.24) is 9.97 Å². The minimum Gasteiger partial charge on any atom is -0.495 e. The molecule has 6 rings (SSSR count). The van der Waals surface area contributed by atoms with Gasteiger partial charge in [-0.25, -0.2) is 9.97 Å². The van der Waals surface area contributed by atoms with E-state index in [4.69, 9.17) is 52.1 Å². The second-order valence-electron chi connectivity index (χ2n) is 11.3. The molecule has 3 saturated heterocycles. The molecule has 3 aliphatic heterocycles. The third-order valence-corrected chi connectivity index (χ3v) is 9.40. The summed E-state index contributed by atoms with van der Waals surface area (Å²) in [6.07, 6.45) is 5.65. The van der Waals surface area contributed by atoms with Gasteiger partial charge in [0.25, 0.3) is 0 Å². The van der Waals surface area contributed by atoms with Crippen molar-refractivity contribution in [2.75, 3.05) is 64.0 Å². The molecule has 0 radical (unpaired) electrons. The molecule has 1 spiro atoms. The Bertz CT molecular complexity index is 1490. The minimum absolute atomic E-state index is 0.00843. The van der Waals surface area contributed by atoms with Crippen LogP contribution in [0, 0.1) is 11.3 Å². The highest BCUT2D eigenvalue weighted by Gasteiger charge is 2.45. The summed E-state index contributed by atoms with van der Waals surface area (Å²) < 4.78 is 22.4. The lowest BCUT2D eigenvalue weighted by Gasteiger charge is -2.53. The number of fused-ring (bicyclic) bond motifs is 1. The van der Waals surface area contributed by atoms with E-state index >= 15 is 0 Å². The zero-order chi connectivity index (χ0) is 29.4. The second kappa shape index (κ2) is 11.9. The Hall–Kier alpha value is -3.11. The number of pyridine rings is 2. The van der Waals surface area contributed by atoms with Crippen molar-refractivity contribution in [2.24, 2.45) is 11.3 Å². The fourth-order valence-corrected chi connectivity index (χ4v) is 6.91. The van der Waals surface area contributed by atoms with Crippen LogP contribution in [0.5, 0.6) is 11.5 Å². The lowest BCUT2D eigenvalue weighted by Crippen LogP contribution is -2.58. The highest BCUT2D eigenvalue weighted by molar-refractivity contribution is 6.41. The van der Waals surface area contributed by atoms with Crippen LogP contribution in [-0.4, -0.2) is 75.5 Å². The third-order valence-electron chi connectivity index (χ3n) is 8.65. The van der Waals surface area contributed by atoms with Crippen LogP contribution in [0.4, 0.5) is 11.6 Å². The maximum absolute atomic E-state index is 12.0. The molecule has 1 N–H and O–H groups in total. The van der Waals surface area contributed by atoms with Crippen molar-refractivity contribution in [3.05, 3.63) is 47.1 Å². The summed E-state index contributed by atoms with van der Waals surface area (Å²) >= 11 is 13.6. The fourth-order valence-electron chi connectivity index (χ4n) is 6.21. The molecular formula is C31H34Cl2N4O5. The molecule has 222 valence electrons. The Kier molecular flexibility index (Phi) is 8.20. The lowest BCUT2D eigenvalue weighted by atomic mass is 9.73. The number of carbonyl (C=O) groups excluding carboxylic acids is 1. The van der Waals surface area contributed by atoms with Gasteiger partial charge in [0, 0.05) is 72.7 Å². The number of hydrogen-bond donors (Lipinski definition) is 1. The molecule has 0 amide bonds. The second-order valence-corrected chi connectivity index (χ2v) is 12.1. The van der Waals surface area contributed by atoms with Gasteiger partial charge in [-0.15, -0.1) is 0 Å². The van der Waals surface area contributed by atoms with Gasteiger partial charge in [0.15, 0.2) is 5.78 Å². The molecule has 3 aliphatic rings. The number of anilines is 2. The molecule has 42 heavy (non-hydrogen) atoms. The number of nitrogens with zero attached hydrogens (tertiary/aromatic N) is 3. The number of nitrogens with one attached hydrogen (secondary N) is 1. The monoisotopic (exact) mass is 612 g/mol. The number of allylic oxidation sites excluding steroid dienone is 1. The van der Waals surface area contributed by atoms with E-state index < -0.39 is 0 Å². The zero-order valence-electron chi connectivity index (χ0n) is 23.8. The number of carbonyl (C=O) groups is 1. The summed E-state index contributed by atoms with van der Waals surface area (Å²) in [5.74, 6) is 2.48. The van der Waals surface area contributed by atoms with E-state index in [0.717, 1.165) is 55.7 Å². The Labute approximate surface area is 255 Å². The normalized spacial score (nSPS) is 21.3. The molecule has 0 saturated carbocycles. The molecule has 11 heteroatoms. The number of rotatable bonds is 9. The van der Waals surface area contributed by atoms with Gasteiger partial charge in [0.2, 0.25) is 0 Å². The largest absolute Gasteiger partial charge is 0.495 e. The van der Waals surface area contributed by atoms with Crippen LogP contribution in [0.15, 0.2) is 37.1 Å². The molecule has 1 aromatic carbocycles. The maximum atomic E-state index is 12.0. The Morgan fingerprint density at radius 3 is 2.50 bits per heavy atom. The average molecular weight is 614 g/mol. The average Bonchev–Trinajstić information content (AvgIpc) is 3.42. The van der Waals surface area contributed by atoms with Gasteiger partial charge in [-0.3, -0.25) is 4.79 Å². The van der Waals surface area contributed by atoms with Crippen molar-refractivity contribution in [2.45, 2.75) is 25.3 Å². The lowest BCUT2D eigenvalue weighted by molar-refractivity contribution is -0.115. The first-order valence-corrected chi connectivity index (χ1v) is 14.8. The van der Waals surface area contributed by atoms with Gasteiger partial charge < -0.3 is 29.2 Å². The summed E-state index contributed by atoms with van der Waals surface area (Å²) in [4.78, 5) is 24.2. The van der Waals surface area contributed by atoms with E-state index in [1.807, 2.05) is 18.3 Å². The number of aromatic nitrogens is 2. The molecule has 3 fully saturated rings. The predicted molar refractivity (Wildman–Crippen MR) is 164 cm³/mol. The van der Waals surface area contributed by atoms with Crippen molar-refractivity contribution < 1.29 is 23.7 Å². The summed E-state index contributed by atoms with van der Waals surface area (Å²) in [5.41, 5.74) is 1.38. The van der Waals surface area contributed by atoms with Crippen molar-refractivity contribution in [3.63, 3.8) is 0 Å². The quantitative estimate of drug-likeness (QED) is 0.300. The third kappa shape index (κ3) is 5.39. The van der Waals surface area contributed by atoms with Crippen molar-refractivity contribution >= 4 is 51.4 Å². The zero-order valence-corrected chi connectivity index (χ0v) is 25.3. The van der Waals surface area contributed by atoms with Crippen LogP contribution in [-0.2, 0) is 14.3 Å². The summed E-state index contributed by atoms with van der Waals surface area (Å²) in [6, 6.07) is 5.60. The molecule has 0 aliphatic carbocycles. The van der Waals surface area contributed by atoms with Gasteiger partial charge in [0.05, 0.1) is 49.2 Å². The van der Waals surface area contributed by atoms with Crippen molar-refractivity contribution in [1.29, 1.82) is 0 Å². The van der Waals surface area contributed by atoms with E-state index in [1.54, 1.807) is 20.3 Å². The van der Waals surface area contributed by atoms with E-state index in [1.165, 1.54) is 6.08 Å². The fraction of sp³-hybridized carbons (Fsp3) is 0.452. The van der Waals surface area contributed by atoms with Gasteiger partial charge in [-0.05, 0) is 31.1 Å². The minimum atomic E-state index is -0.0362. The molecular weight excluding hydrogens is 579 g/mol. The highest BCUT2D eigenvalue weighted by atomic mass is 35.5. The molecule has 0 bridgehead atoms. The van der Waals surface area contributed by atoms with Crippen LogP contribution in [0.3, 0.4) is 0 Å². The van der Waals surface area contributed by atoms with E-state index in [-0.39, 0.29) is 23.2 Å². The summed E-state index contributed by atoms with van der Waals surface area (Å²) in [5, 5.41) is 6.07. The maximum Gasteiger partial charge on any atom is 0.155 e. The number of benzene rings is 1. The summed E-state index contributed by atoms with van der Waals surface area (Å²) in [6.45, 7) is 7.97. The molecule has 9 nitrogen and oxygen atoms in total. The molecule has 2 atom stereocenters. The SMILES string of the molecule is C=CC(=O)C[C@H]1COC[C@H]1Nc1cc2c(N3CC4(CCOCC4)C3)nc(-c3c(Cl)c(OC)cc(OC)c3Cl)cc2cn1. The van der Waals surface area contributed by atoms with Crippen molar-refractivity contribution in [3.8, 4) is 22.8 Å². The van der Waals surface area contributed by atoms with E-state index in [0.29, 0.717) is 58.3 Å². The molecule has 0 unspecified atom stereocenters. The molecule has 5 heterocycles. The van der Waals surface area contributed by atoms with Gasteiger partial charge in [0.1, 0.15) is 23.1 Å². The Balaban J connectivity index is 1.41. The Morgan fingerprint density at radius 1 is 1.12 bits per heavy atom. The first kappa shape index (κ1) is 29.0. The predicted octanol–water partition coefficient (Wildman–Crippen LogP) is 5.81. The molecule has 2 aromatic heterocycles. The summed E-state index contributed by atoms with van der Waals surface area (Å²) in [7, 11) is 3.10. The van der Waals surface area contributed by atoms with Gasteiger partial charge in [-0.1, -0.05) is 29.8 Å². The van der Waals surface area contributed by atoms with E-state index in [9.17, 15) is 4.79 Å². The number of methoxy groups -OCH3 is 2. The topological polar surface area (TPSA) is 95.0 Å².